The summed E-state index contributed by atoms with van der Waals surface area (Å²) in [6, 6.07) is 4.77. The maximum Gasteiger partial charge on any atom is 0.420 e. The van der Waals surface area contributed by atoms with Crippen LogP contribution < -0.4 is 16.1 Å². The zero-order chi connectivity index (χ0) is 27.3. The van der Waals surface area contributed by atoms with Gasteiger partial charge in [-0.2, -0.15) is 23.5 Å². The lowest BCUT2D eigenvalue weighted by Crippen LogP contribution is -2.50. The van der Waals surface area contributed by atoms with E-state index < -0.39 is 17.8 Å². The van der Waals surface area contributed by atoms with Crippen LogP contribution in [0.3, 0.4) is 0 Å². The van der Waals surface area contributed by atoms with E-state index in [4.69, 9.17) is 15.7 Å². The third-order valence-electron chi connectivity index (χ3n) is 6.83. The molecule has 4 heterocycles. The number of anilines is 1. The number of amides is 1. The second-order valence-electron chi connectivity index (χ2n) is 9.48. The Bertz CT molecular complexity index is 1120. The van der Waals surface area contributed by atoms with Crippen LogP contribution in [0.15, 0.2) is 47.0 Å². The molecule has 3 N–H and O–H groups in total. The number of aromatic nitrogens is 1. The van der Waals surface area contributed by atoms with Crippen molar-refractivity contribution in [3.63, 3.8) is 0 Å². The van der Waals surface area contributed by atoms with Gasteiger partial charge in [0.25, 0.3) is 0 Å². The van der Waals surface area contributed by atoms with Gasteiger partial charge in [0.15, 0.2) is 0 Å². The fraction of sp³-hybridized carbons (Fsp3) is 0.520. The molecule has 1 aromatic heterocycles. The topological polar surface area (TPSA) is 123 Å². The van der Waals surface area contributed by atoms with Crippen molar-refractivity contribution >= 4 is 17.9 Å². The molecule has 0 saturated carbocycles. The van der Waals surface area contributed by atoms with Gasteiger partial charge < -0.3 is 25.2 Å². The van der Waals surface area contributed by atoms with Crippen LogP contribution in [0.4, 0.5) is 19.0 Å². The number of nitrogens with one attached hydrogen (secondary N) is 1. The summed E-state index contributed by atoms with van der Waals surface area (Å²) in [7, 11) is 0. The molecular weight excluding hydrogens is 501 g/mol. The van der Waals surface area contributed by atoms with Crippen LogP contribution in [0.1, 0.15) is 24.8 Å². The van der Waals surface area contributed by atoms with E-state index in [-0.39, 0.29) is 43.0 Å². The van der Waals surface area contributed by atoms with E-state index in [0.29, 0.717) is 44.7 Å². The zero-order valence-corrected chi connectivity index (χ0v) is 21.0. The smallest absolute Gasteiger partial charge is 0.378 e. The van der Waals surface area contributed by atoms with Crippen LogP contribution in [-0.2, 0) is 9.53 Å². The number of pyridine rings is 1. The number of nitrogens with zero attached hydrogens (tertiary/aromatic N) is 6. The van der Waals surface area contributed by atoms with Gasteiger partial charge >= 0.3 is 6.18 Å². The summed E-state index contributed by atoms with van der Waals surface area (Å²) in [6.45, 7) is 6.53. The molecule has 0 radical (unpaired) electrons. The van der Waals surface area contributed by atoms with Crippen molar-refractivity contribution in [2.45, 2.75) is 37.5 Å². The van der Waals surface area contributed by atoms with Crippen molar-refractivity contribution in [3.8, 4) is 6.07 Å². The van der Waals surface area contributed by atoms with Crippen LogP contribution >= 0.6 is 0 Å². The van der Waals surface area contributed by atoms with Crippen LogP contribution in [-0.4, -0.2) is 91.1 Å². The van der Waals surface area contributed by atoms with Crippen LogP contribution in [0.2, 0.25) is 0 Å². The SMILES string of the molecule is C=C1NN=CC(N2CCC[C@H]2COC[C@H](N)CC(=O)N2CCN(c3ccc(C#N)cn3)CC2)=C1C(F)(F)F. The molecule has 0 aliphatic carbocycles. The summed E-state index contributed by atoms with van der Waals surface area (Å²) < 4.78 is 46.7. The van der Waals surface area contributed by atoms with E-state index in [2.05, 4.69) is 27.0 Å². The lowest BCUT2D eigenvalue weighted by atomic mass is 10.1. The Labute approximate surface area is 219 Å². The summed E-state index contributed by atoms with van der Waals surface area (Å²) in [5, 5.41) is 12.7. The molecule has 204 valence electrons. The molecule has 38 heavy (non-hydrogen) atoms. The molecule has 2 fully saturated rings. The van der Waals surface area contributed by atoms with Crippen LogP contribution in [0.5, 0.6) is 0 Å². The molecule has 13 heteroatoms. The highest BCUT2D eigenvalue weighted by Crippen LogP contribution is 2.36. The third kappa shape index (κ3) is 6.43. The third-order valence-corrected chi connectivity index (χ3v) is 6.83. The highest BCUT2D eigenvalue weighted by Gasteiger charge is 2.42. The number of carbonyl (C=O) groups is 1. The average molecular weight is 533 g/mol. The Hall–Kier alpha value is -3.63. The zero-order valence-electron chi connectivity index (χ0n) is 21.0. The molecule has 1 aromatic rings. The number of hydrogen-bond acceptors (Lipinski definition) is 9. The predicted molar refractivity (Wildman–Crippen MR) is 135 cm³/mol. The Balaban J connectivity index is 1.23. The first-order chi connectivity index (χ1) is 18.2. The number of halogens is 3. The number of allylic oxidation sites excluding steroid dienone is 2. The monoisotopic (exact) mass is 532 g/mol. The largest absolute Gasteiger partial charge is 0.420 e. The molecule has 0 spiro atoms. The number of alkyl halides is 3. The predicted octanol–water partition coefficient (Wildman–Crippen LogP) is 1.72. The highest BCUT2D eigenvalue weighted by atomic mass is 19.4. The van der Waals surface area contributed by atoms with Crippen molar-refractivity contribution in [3.05, 3.63) is 47.4 Å². The molecule has 3 aliphatic rings. The highest BCUT2D eigenvalue weighted by molar-refractivity contribution is 5.82. The lowest BCUT2D eigenvalue weighted by Gasteiger charge is -2.36. The quantitative estimate of drug-likeness (QED) is 0.519. The van der Waals surface area contributed by atoms with Gasteiger partial charge in [0.1, 0.15) is 17.5 Å². The minimum absolute atomic E-state index is 0.0119. The minimum atomic E-state index is -4.56. The average Bonchev–Trinajstić information content (AvgIpc) is 3.36. The number of hydrazone groups is 1. The summed E-state index contributed by atoms with van der Waals surface area (Å²) in [6.07, 6.45) is -0.339. The first-order valence-corrected chi connectivity index (χ1v) is 12.5. The van der Waals surface area contributed by atoms with Gasteiger partial charge in [0.2, 0.25) is 5.91 Å². The van der Waals surface area contributed by atoms with Crippen molar-refractivity contribution in [1.29, 1.82) is 5.26 Å². The van der Waals surface area contributed by atoms with Crippen molar-refractivity contribution < 1.29 is 22.7 Å². The maximum absolute atomic E-state index is 13.6. The number of ether oxygens (including phenoxy) is 1. The summed E-state index contributed by atoms with van der Waals surface area (Å²) in [5.74, 6) is 0.695. The number of nitrogens with two attached hydrogens (primary N) is 1. The minimum Gasteiger partial charge on any atom is -0.378 e. The van der Waals surface area contributed by atoms with Gasteiger partial charge in [-0.15, -0.1) is 0 Å². The fourth-order valence-corrected chi connectivity index (χ4v) is 4.90. The Morgan fingerprint density at radius 2 is 2.05 bits per heavy atom. The lowest BCUT2D eigenvalue weighted by molar-refractivity contribution is -0.132. The Morgan fingerprint density at radius 3 is 2.71 bits per heavy atom. The van der Waals surface area contributed by atoms with Crippen molar-refractivity contribution in [2.75, 3.05) is 50.8 Å². The number of hydrogen-bond donors (Lipinski definition) is 2. The van der Waals surface area contributed by atoms with E-state index in [9.17, 15) is 18.0 Å². The van der Waals surface area contributed by atoms with Crippen molar-refractivity contribution in [2.24, 2.45) is 10.8 Å². The van der Waals surface area contributed by atoms with E-state index in [1.165, 1.54) is 12.4 Å². The van der Waals surface area contributed by atoms with Gasteiger partial charge in [0, 0.05) is 51.4 Å². The number of rotatable bonds is 8. The number of likely N-dealkylation sites (tertiary alicyclic amines) is 1. The number of carbonyl (C=O) groups excluding carboxylic acids is 1. The molecule has 1 amide bonds. The Kier molecular flexibility index (Phi) is 8.53. The van der Waals surface area contributed by atoms with Gasteiger partial charge in [-0.25, -0.2) is 4.98 Å². The molecular formula is C25H31F3N8O2. The van der Waals surface area contributed by atoms with Gasteiger partial charge in [0.05, 0.1) is 42.4 Å². The Morgan fingerprint density at radius 1 is 1.29 bits per heavy atom. The molecule has 0 bridgehead atoms. The van der Waals surface area contributed by atoms with Gasteiger partial charge in [-0.05, 0) is 25.0 Å². The maximum atomic E-state index is 13.6. The number of piperazine rings is 1. The standard InChI is InChI=1S/C25H31F3N8O2/c1-17-24(25(26,27)28)21(14-32-33-17)36-6-2-3-20(36)16-38-15-19(30)11-23(37)35-9-7-34(8-10-35)22-5-4-18(12-29)13-31-22/h4-5,13-14,19-20,33H,1-3,6-11,15-16,30H2/t19-,20+/m1/s1. The molecule has 0 aromatic carbocycles. The van der Waals surface area contributed by atoms with Crippen molar-refractivity contribution in [1.82, 2.24) is 20.2 Å². The second kappa shape index (κ2) is 11.8. The van der Waals surface area contributed by atoms with Gasteiger partial charge in [-0.3, -0.25) is 10.2 Å². The second-order valence-corrected chi connectivity index (χ2v) is 9.48. The molecule has 2 saturated heterocycles. The molecule has 2 atom stereocenters. The van der Waals surface area contributed by atoms with E-state index in [1.54, 1.807) is 21.9 Å². The molecule has 3 aliphatic heterocycles. The van der Waals surface area contributed by atoms with E-state index in [1.807, 2.05) is 6.07 Å². The molecule has 4 rings (SSSR count). The van der Waals surface area contributed by atoms with Crippen LogP contribution in [0, 0.1) is 11.3 Å². The van der Waals surface area contributed by atoms with Gasteiger partial charge in [-0.1, -0.05) is 6.58 Å². The summed E-state index contributed by atoms with van der Waals surface area (Å²) in [4.78, 5) is 22.5. The summed E-state index contributed by atoms with van der Waals surface area (Å²) >= 11 is 0. The molecule has 0 unspecified atom stereocenters. The fourth-order valence-electron chi connectivity index (χ4n) is 4.90. The van der Waals surface area contributed by atoms with E-state index in [0.717, 1.165) is 12.2 Å². The first kappa shape index (κ1) is 27.4. The van der Waals surface area contributed by atoms with E-state index >= 15 is 0 Å². The normalized spacial score (nSPS) is 21.0. The first-order valence-electron chi connectivity index (χ1n) is 12.5. The molecule has 10 nitrogen and oxygen atoms in total. The summed E-state index contributed by atoms with van der Waals surface area (Å²) in [5.41, 5.74) is 7.83. The van der Waals surface area contributed by atoms with Crippen LogP contribution in [0.25, 0.3) is 0 Å². The number of nitriles is 1.